The number of hydrogen-bond donors (Lipinski definition) is 23. The molecule has 642 valence electrons. The second-order valence-electron chi connectivity index (χ2n) is 28.1. The molecular formula is C70H101N21O26. The van der Waals surface area contributed by atoms with Crippen molar-refractivity contribution in [3.8, 4) is 0 Å². The molecule has 0 spiro atoms. The maximum Gasteiger partial charge on any atom is 0.326 e. The minimum atomic E-state index is -2.15. The first-order valence-electron chi connectivity index (χ1n) is 37.2. The average Bonchev–Trinajstić information content (AvgIpc) is 1.75. The van der Waals surface area contributed by atoms with Gasteiger partial charge in [-0.1, -0.05) is 30.3 Å². The number of guanidine groups is 1. The number of carbonyl (C=O) groups is 20. The molecule has 15 amide bonds. The van der Waals surface area contributed by atoms with Crippen LogP contribution in [0.4, 0.5) is 0 Å². The SMILES string of the molecule is C[C@H](N)C(=O)N1CCC[C@H]1C(=O)NCC(=O)N[C@H](C(=O)N[C@@H](C)C(=O)N[C@@H](CC(=O)O)C(=O)N[C@@H](CC(=O)O)C(=O)N1CCC[C@H]1C(=O)N[C@@H](CC(=O)O)C(=O)N[C@@H](Cc1ccccc1)C(=O)N[C@@H](Cc1c[nH]cn1)C(=O)N[C@@H](C)C(=O)N[C@@H](CC(=O)O)C(=O)N[C@@H](C)C(=O)N1CCC[C@H]1C(=O)N[C@@H](CCCNC(=N)N)C(=O)O)[C@@H](C)O. The van der Waals surface area contributed by atoms with Crippen molar-refractivity contribution in [1.29, 1.82) is 5.41 Å². The van der Waals surface area contributed by atoms with Crippen LogP contribution < -0.4 is 80.6 Å². The van der Waals surface area contributed by atoms with Crippen LogP contribution in [0, 0.1) is 5.41 Å². The van der Waals surface area contributed by atoms with E-state index in [0.717, 1.165) is 30.6 Å². The van der Waals surface area contributed by atoms with Gasteiger partial charge in [-0.2, -0.15) is 0 Å². The molecule has 47 heteroatoms. The lowest BCUT2D eigenvalue weighted by atomic mass is 10.0. The topological polar surface area (TPSA) is 733 Å². The number of imidazole rings is 1. The first kappa shape index (κ1) is 94.6. The van der Waals surface area contributed by atoms with Gasteiger partial charge in [-0.25, -0.2) is 9.78 Å². The molecule has 47 nitrogen and oxygen atoms in total. The molecule has 3 aliphatic heterocycles. The van der Waals surface area contributed by atoms with Crippen LogP contribution in [-0.2, 0) is 109 Å². The van der Waals surface area contributed by atoms with E-state index in [1.165, 1.54) is 43.4 Å². The summed E-state index contributed by atoms with van der Waals surface area (Å²) in [6.45, 7) is 5.17. The number of nitrogens with zero attached hydrogens (tertiary/aromatic N) is 4. The van der Waals surface area contributed by atoms with Crippen LogP contribution in [0.3, 0.4) is 0 Å². The van der Waals surface area contributed by atoms with Crippen molar-refractivity contribution >= 4 is 124 Å². The van der Waals surface area contributed by atoms with E-state index in [0.29, 0.717) is 18.4 Å². The van der Waals surface area contributed by atoms with E-state index in [2.05, 4.69) is 79.1 Å². The predicted octanol–water partition coefficient (Wildman–Crippen LogP) is -9.35. The highest BCUT2D eigenvalue weighted by Gasteiger charge is 2.44. The second kappa shape index (κ2) is 45.2. The fourth-order valence-corrected chi connectivity index (χ4v) is 12.8. The van der Waals surface area contributed by atoms with E-state index in [1.807, 2.05) is 0 Å². The Hall–Kier alpha value is -13.0. The lowest BCUT2D eigenvalue weighted by Crippen LogP contribution is -2.61. The fraction of sp³-hybridized carbons (Fsp3) is 0.571. The third-order valence-electron chi connectivity index (χ3n) is 18.8. The zero-order valence-electron chi connectivity index (χ0n) is 64.5. The number of aliphatic hydroxyl groups excluding tert-OH is 1. The van der Waals surface area contributed by atoms with E-state index < -0.39 is 260 Å². The van der Waals surface area contributed by atoms with Gasteiger partial charge in [-0.3, -0.25) is 96.5 Å². The summed E-state index contributed by atoms with van der Waals surface area (Å²) in [4.78, 5) is 277. The molecule has 16 atom stereocenters. The van der Waals surface area contributed by atoms with Gasteiger partial charge < -0.3 is 131 Å². The largest absolute Gasteiger partial charge is 0.481 e. The Labute approximate surface area is 667 Å². The lowest BCUT2D eigenvalue weighted by molar-refractivity contribution is -0.147. The van der Waals surface area contributed by atoms with Crippen molar-refractivity contribution in [3.05, 3.63) is 54.1 Å². The summed E-state index contributed by atoms with van der Waals surface area (Å²) in [5.41, 5.74) is 11.4. The molecule has 0 aliphatic carbocycles. The number of carboxylic acid groups (broad SMARTS) is 5. The average molecular weight is 1650 g/mol. The van der Waals surface area contributed by atoms with Gasteiger partial charge >= 0.3 is 29.8 Å². The van der Waals surface area contributed by atoms with Crippen molar-refractivity contribution < 1.29 is 127 Å². The number of carbonyl (C=O) groups excluding carboxylic acids is 15. The zero-order valence-corrected chi connectivity index (χ0v) is 64.5. The van der Waals surface area contributed by atoms with Gasteiger partial charge in [0.2, 0.25) is 88.6 Å². The lowest BCUT2D eigenvalue weighted by Gasteiger charge is -2.30. The summed E-state index contributed by atoms with van der Waals surface area (Å²) in [6.07, 6.45) is -3.74. The smallest absolute Gasteiger partial charge is 0.326 e. The highest BCUT2D eigenvalue weighted by Crippen LogP contribution is 2.23. The summed E-state index contributed by atoms with van der Waals surface area (Å²) < 4.78 is 0. The third kappa shape index (κ3) is 29.7. The van der Waals surface area contributed by atoms with Crippen LogP contribution in [0.2, 0.25) is 0 Å². The maximum absolute atomic E-state index is 14.6. The number of rotatable bonds is 45. The Balaban J connectivity index is 1.26. The summed E-state index contributed by atoms with van der Waals surface area (Å²) in [5.74, 6) is -24.8. The Morgan fingerprint density at radius 3 is 1.36 bits per heavy atom. The van der Waals surface area contributed by atoms with E-state index in [-0.39, 0.29) is 76.4 Å². The van der Waals surface area contributed by atoms with Gasteiger partial charge in [0, 0.05) is 45.2 Å². The second-order valence-corrected chi connectivity index (χ2v) is 28.1. The molecule has 0 unspecified atom stereocenters. The van der Waals surface area contributed by atoms with Crippen LogP contribution in [0.1, 0.15) is 123 Å². The van der Waals surface area contributed by atoms with E-state index >= 15 is 0 Å². The number of aromatic nitrogens is 2. The van der Waals surface area contributed by atoms with Crippen molar-refractivity contribution in [3.63, 3.8) is 0 Å². The number of aliphatic hydroxyl groups is 1. The van der Waals surface area contributed by atoms with Gasteiger partial charge in [0.25, 0.3) is 0 Å². The van der Waals surface area contributed by atoms with Crippen molar-refractivity contribution in [2.75, 3.05) is 32.7 Å². The number of aromatic amines is 1. The van der Waals surface area contributed by atoms with Crippen LogP contribution in [0.25, 0.3) is 0 Å². The molecular weight excluding hydrogens is 1550 g/mol. The number of nitrogens with two attached hydrogens (primary N) is 2. The molecule has 3 aliphatic rings. The van der Waals surface area contributed by atoms with Crippen LogP contribution in [0.5, 0.6) is 0 Å². The number of hydrogen-bond acceptors (Lipinski definition) is 24. The maximum atomic E-state index is 14.6. The molecule has 0 saturated carbocycles. The van der Waals surface area contributed by atoms with Crippen LogP contribution in [-0.4, -0.2) is 309 Å². The normalized spacial score (nSPS) is 18.2. The Morgan fingerprint density at radius 1 is 0.479 bits per heavy atom. The summed E-state index contributed by atoms with van der Waals surface area (Å²) in [6, 6.07) is -16.8. The first-order valence-corrected chi connectivity index (χ1v) is 37.2. The van der Waals surface area contributed by atoms with Crippen molar-refractivity contribution in [1.82, 2.24) is 93.8 Å². The fourth-order valence-electron chi connectivity index (χ4n) is 12.8. The van der Waals surface area contributed by atoms with Crippen LogP contribution in [0.15, 0.2) is 42.9 Å². The molecule has 0 radical (unpaired) electrons. The Morgan fingerprint density at radius 2 is 0.889 bits per heavy atom. The first-order chi connectivity index (χ1) is 55.1. The minimum absolute atomic E-state index is 0.00215. The highest BCUT2D eigenvalue weighted by molar-refractivity contribution is 6.02. The summed E-state index contributed by atoms with van der Waals surface area (Å²) in [7, 11) is 0. The number of benzene rings is 1. The number of carboxylic acids is 5. The molecule has 117 heavy (non-hydrogen) atoms. The molecule has 1 aromatic carbocycles. The molecule has 3 saturated heterocycles. The quantitative estimate of drug-likeness (QED) is 0.0166. The molecule has 4 heterocycles. The number of nitrogens with one attached hydrogen (secondary N) is 15. The van der Waals surface area contributed by atoms with E-state index in [1.54, 1.807) is 18.2 Å². The highest BCUT2D eigenvalue weighted by atomic mass is 16.4. The number of likely N-dealkylation sites (tertiary alicyclic amines) is 3. The molecule has 3 fully saturated rings. The monoisotopic (exact) mass is 1650 g/mol. The molecule has 0 bridgehead atoms. The molecule has 5 rings (SSSR count). The van der Waals surface area contributed by atoms with Gasteiger partial charge in [0.1, 0.15) is 84.6 Å². The third-order valence-corrected chi connectivity index (χ3v) is 18.8. The van der Waals surface area contributed by atoms with Gasteiger partial charge in [-0.05, 0) is 91.5 Å². The Kier molecular flexibility index (Phi) is 36.6. The summed E-state index contributed by atoms with van der Waals surface area (Å²) >= 11 is 0. The van der Waals surface area contributed by atoms with Crippen molar-refractivity contribution in [2.45, 2.75) is 221 Å². The van der Waals surface area contributed by atoms with Crippen LogP contribution >= 0.6 is 0 Å². The Bertz CT molecular complexity index is 4000. The minimum Gasteiger partial charge on any atom is -0.481 e. The van der Waals surface area contributed by atoms with E-state index in [4.69, 9.17) is 16.9 Å². The van der Waals surface area contributed by atoms with E-state index in [9.17, 15) is 127 Å². The molecule has 2 aromatic rings. The van der Waals surface area contributed by atoms with Crippen molar-refractivity contribution in [2.24, 2.45) is 11.5 Å². The number of amides is 15. The van der Waals surface area contributed by atoms with Gasteiger partial charge in [0.15, 0.2) is 5.96 Å². The number of aliphatic carboxylic acids is 5. The standard InChI is InChI=1S/C70H101N21O26/c1-32(71)66(113)89-20-10-16-46(89)62(109)76-30-49(93)88-54(36(5)92)65(112)79-34(3)56(103)83-43(26-51(96)97)61(108)87-45(28-53(100)101)68(115)91-22-12-18-48(91)64(111)86-44(27-52(98)99)60(107)84-40(23-37-13-7-6-8-14-37)59(106)85-41(24-38-29-74-31-77-38)57(104)78-33(2)55(102)82-42(25-50(94)95)58(105)80-35(4)67(114)90-21-11-17-47(90)63(110)81-39(69(116)117)15-9-19-75-70(72)73/h6-8,13-14,29,31-36,39-48,54,92H,9-12,15-28,30,71H2,1-5H3,(H,74,77)(H,76,109)(H,78,104)(H,79,112)(H,80,105)(H,81,110)(H,82,102)(H,83,103)(H,84,107)(H,85,106)(H,86,111)(H,87,108)(H,88,93)(H,94,95)(H,96,97)(H,98,99)(H,100,101)(H,116,117)(H4,72,73,75)/t32-,33-,34-,35-,36+,39-,40-,41-,42-,43-,44-,45-,46-,47-,48-,54-/m0/s1. The van der Waals surface area contributed by atoms with Gasteiger partial charge in [0.05, 0.1) is 56.4 Å². The zero-order chi connectivity index (χ0) is 87.2. The van der Waals surface area contributed by atoms with Gasteiger partial charge in [-0.15, -0.1) is 0 Å². The number of H-pyrrole nitrogens is 1. The molecule has 1 aromatic heterocycles. The molecule has 25 N–H and O–H groups in total. The summed E-state index contributed by atoms with van der Waals surface area (Å²) in [5, 5.41) is 96.9. The predicted molar refractivity (Wildman–Crippen MR) is 399 cm³/mol.